The number of nitrogens with zero attached hydrogens (tertiary/aromatic N) is 2. The van der Waals surface area contributed by atoms with Crippen LogP contribution in [0, 0.1) is 0 Å². The molecule has 4 rings (SSSR count). The predicted molar refractivity (Wildman–Crippen MR) is 139 cm³/mol. The van der Waals surface area contributed by atoms with Crippen molar-refractivity contribution in [1.82, 2.24) is 9.88 Å². The molecule has 0 saturated heterocycles. The van der Waals surface area contributed by atoms with Crippen LogP contribution in [0.4, 0.5) is 0 Å². The minimum absolute atomic E-state index is 0.0216. The summed E-state index contributed by atoms with van der Waals surface area (Å²) in [6.07, 6.45) is 0.768. The number of carbonyl (C=O) groups is 2. The number of hydrogen-bond acceptors (Lipinski definition) is 2. The van der Waals surface area contributed by atoms with Gasteiger partial charge in [0.1, 0.15) is 6.54 Å². The van der Waals surface area contributed by atoms with Gasteiger partial charge < -0.3 is 21.4 Å². The number of aliphatic imine (C=N–C) groups is 1. The third kappa shape index (κ3) is 6.03. The van der Waals surface area contributed by atoms with E-state index in [0.29, 0.717) is 12.1 Å². The van der Waals surface area contributed by atoms with E-state index in [-0.39, 0.29) is 18.4 Å². The van der Waals surface area contributed by atoms with Gasteiger partial charge in [-0.3, -0.25) is 9.59 Å². The Balaban J connectivity index is 1.54. The lowest BCUT2D eigenvalue weighted by Gasteiger charge is -2.13. The van der Waals surface area contributed by atoms with Gasteiger partial charge in [-0.05, 0) is 47.4 Å². The van der Waals surface area contributed by atoms with Crippen molar-refractivity contribution in [3.05, 3.63) is 108 Å². The fourth-order valence-electron chi connectivity index (χ4n) is 3.93. The zero-order valence-corrected chi connectivity index (χ0v) is 19.2. The second kappa shape index (κ2) is 11.0. The van der Waals surface area contributed by atoms with Crippen LogP contribution in [0.5, 0.6) is 0 Å². The Hall–Kier alpha value is -4.65. The molecule has 1 heterocycles. The van der Waals surface area contributed by atoms with Gasteiger partial charge in [-0.15, -0.1) is 0 Å². The quantitative estimate of drug-likeness (QED) is 0.272. The Morgan fingerprint density at radius 3 is 1.91 bits per heavy atom. The third-order valence-corrected chi connectivity index (χ3v) is 5.58. The molecule has 0 saturated carbocycles. The van der Waals surface area contributed by atoms with Crippen molar-refractivity contribution in [3.8, 4) is 22.5 Å². The molecule has 0 unspecified atom stereocenters. The van der Waals surface area contributed by atoms with Crippen LogP contribution in [-0.2, 0) is 17.8 Å². The van der Waals surface area contributed by atoms with Crippen molar-refractivity contribution in [2.75, 3.05) is 6.54 Å². The highest BCUT2D eigenvalue weighted by molar-refractivity contribution is 5.95. The number of rotatable bonds is 8. The molecule has 0 aliphatic carbocycles. The minimum atomic E-state index is -0.450. The summed E-state index contributed by atoms with van der Waals surface area (Å²) in [5.74, 6) is -0.850. The molecule has 35 heavy (non-hydrogen) atoms. The monoisotopic (exact) mass is 465 g/mol. The summed E-state index contributed by atoms with van der Waals surface area (Å²) in [6, 6.07) is 31.0. The van der Waals surface area contributed by atoms with Gasteiger partial charge in [0.15, 0.2) is 5.96 Å². The van der Waals surface area contributed by atoms with Crippen LogP contribution in [0.15, 0.2) is 102 Å². The van der Waals surface area contributed by atoms with Gasteiger partial charge in [0, 0.05) is 23.5 Å². The molecule has 5 N–H and O–H groups in total. The highest BCUT2D eigenvalue weighted by Crippen LogP contribution is 2.29. The Labute approximate surface area is 204 Å². The summed E-state index contributed by atoms with van der Waals surface area (Å²) in [4.78, 5) is 28.7. The topological polar surface area (TPSA) is 116 Å². The van der Waals surface area contributed by atoms with Crippen LogP contribution in [0.1, 0.15) is 15.9 Å². The van der Waals surface area contributed by atoms with Gasteiger partial charge in [0.05, 0.1) is 0 Å². The zero-order valence-electron chi connectivity index (χ0n) is 19.2. The molecule has 0 radical (unpaired) electrons. The second-order valence-electron chi connectivity index (χ2n) is 8.06. The van der Waals surface area contributed by atoms with Crippen LogP contribution in [0.3, 0.4) is 0 Å². The maximum Gasteiger partial charge on any atom is 0.268 e. The molecule has 176 valence electrons. The standard InChI is InChI=1S/C28H27N5O2/c29-28(30)32-26(34)19-33-24(21-9-5-2-6-10-21)15-16-25(33)22-11-13-23(14-12-22)27(35)31-18-17-20-7-3-1-4-8-20/h1-16H,17-19H2,(H,31,35)(H4,29,30,32,34). The molecule has 0 aliphatic rings. The van der Waals surface area contributed by atoms with Crippen LogP contribution in [0.25, 0.3) is 22.5 Å². The Bertz CT molecular complexity index is 1320. The first-order valence-corrected chi connectivity index (χ1v) is 11.3. The first-order chi connectivity index (χ1) is 17.0. The van der Waals surface area contributed by atoms with Crippen LogP contribution in [-0.4, -0.2) is 28.9 Å². The summed E-state index contributed by atoms with van der Waals surface area (Å²) < 4.78 is 1.87. The number of nitrogens with one attached hydrogen (secondary N) is 1. The molecular weight excluding hydrogens is 438 g/mol. The largest absolute Gasteiger partial charge is 0.370 e. The summed E-state index contributed by atoms with van der Waals surface area (Å²) in [5, 5.41) is 2.96. The highest BCUT2D eigenvalue weighted by atomic mass is 16.2. The van der Waals surface area contributed by atoms with E-state index in [2.05, 4.69) is 10.3 Å². The maximum absolute atomic E-state index is 12.6. The van der Waals surface area contributed by atoms with Gasteiger partial charge in [0.2, 0.25) is 0 Å². The lowest BCUT2D eigenvalue weighted by atomic mass is 10.1. The molecule has 0 spiro atoms. The summed E-state index contributed by atoms with van der Waals surface area (Å²) in [5.41, 5.74) is 16.0. The molecule has 0 atom stereocenters. The zero-order chi connectivity index (χ0) is 24.6. The third-order valence-electron chi connectivity index (χ3n) is 5.58. The minimum Gasteiger partial charge on any atom is -0.370 e. The normalized spacial score (nSPS) is 10.5. The SMILES string of the molecule is NC(N)=NC(=O)Cn1c(-c2ccccc2)ccc1-c1ccc(C(=O)NCCc2ccccc2)cc1. The van der Waals surface area contributed by atoms with E-state index < -0.39 is 5.91 Å². The summed E-state index contributed by atoms with van der Waals surface area (Å²) >= 11 is 0. The van der Waals surface area contributed by atoms with Gasteiger partial charge in [0.25, 0.3) is 11.8 Å². The lowest BCUT2D eigenvalue weighted by Crippen LogP contribution is -2.25. The molecule has 7 heteroatoms. The second-order valence-corrected chi connectivity index (χ2v) is 8.06. The average molecular weight is 466 g/mol. The summed E-state index contributed by atoms with van der Waals surface area (Å²) in [6.45, 7) is 0.535. The first-order valence-electron chi connectivity index (χ1n) is 11.3. The Morgan fingerprint density at radius 1 is 0.743 bits per heavy atom. The van der Waals surface area contributed by atoms with Crippen molar-refractivity contribution in [2.45, 2.75) is 13.0 Å². The fourth-order valence-corrected chi connectivity index (χ4v) is 3.93. The first kappa shape index (κ1) is 23.5. The van der Waals surface area contributed by atoms with Crippen molar-refractivity contribution in [2.24, 2.45) is 16.5 Å². The van der Waals surface area contributed by atoms with Crippen molar-refractivity contribution in [3.63, 3.8) is 0 Å². The maximum atomic E-state index is 12.6. The fraction of sp³-hybridized carbons (Fsp3) is 0.107. The van der Waals surface area contributed by atoms with E-state index in [9.17, 15) is 9.59 Å². The number of amides is 2. The van der Waals surface area contributed by atoms with Gasteiger partial charge >= 0.3 is 0 Å². The van der Waals surface area contributed by atoms with E-state index in [0.717, 1.165) is 28.9 Å². The number of carbonyl (C=O) groups excluding carboxylic acids is 2. The van der Waals surface area contributed by atoms with Crippen molar-refractivity contribution < 1.29 is 9.59 Å². The Morgan fingerprint density at radius 2 is 1.31 bits per heavy atom. The molecule has 0 aliphatic heterocycles. The van der Waals surface area contributed by atoms with E-state index in [4.69, 9.17) is 11.5 Å². The van der Waals surface area contributed by atoms with Gasteiger partial charge in [-0.2, -0.15) is 4.99 Å². The average Bonchev–Trinajstić information content (AvgIpc) is 3.28. The molecule has 2 amide bonds. The van der Waals surface area contributed by atoms with Crippen LogP contribution in [0.2, 0.25) is 0 Å². The van der Waals surface area contributed by atoms with E-state index in [1.165, 1.54) is 5.56 Å². The van der Waals surface area contributed by atoms with Crippen LogP contribution < -0.4 is 16.8 Å². The van der Waals surface area contributed by atoms with E-state index in [1.54, 1.807) is 12.1 Å². The highest BCUT2D eigenvalue weighted by Gasteiger charge is 2.15. The molecule has 0 bridgehead atoms. The Kier molecular flexibility index (Phi) is 7.37. The number of benzene rings is 3. The van der Waals surface area contributed by atoms with E-state index in [1.807, 2.05) is 89.5 Å². The molecule has 0 fully saturated rings. The molecule has 4 aromatic rings. The molecule has 3 aromatic carbocycles. The lowest BCUT2D eigenvalue weighted by molar-refractivity contribution is -0.118. The van der Waals surface area contributed by atoms with Crippen LogP contribution >= 0.6 is 0 Å². The molecule has 1 aromatic heterocycles. The smallest absolute Gasteiger partial charge is 0.268 e. The molecule has 7 nitrogen and oxygen atoms in total. The predicted octanol–water partition coefficient (Wildman–Crippen LogP) is 3.59. The number of nitrogens with two attached hydrogens (primary N) is 2. The van der Waals surface area contributed by atoms with Gasteiger partial charge in [-0.1, -0.05) is 72.8 Å². The number of aromatic nitrogens is 1. The summed E-state index contributed by atoms with van der Waals surface area (Å²) in [7, 11) is 0. The number of guanidine groups is 1. The number of hydrogen-bond donors (Lipinski definition) is 3. The van der Waals surface area contributed by atoms with Gasteiger partial charge in [-0.25, -0.2) is 0 Å². The molecular formula is C28H27N5O2. The van der Waals surface area contributed by atoms with Crippen molar-refractivity contribution >= 4 is 17.8 Å². The van der Waals surface area contributed by atoms with Crippen molar-refractivity contribution in [1.29, 1.82) is 0 Å². The van der Waals surface area contributed by atoms with E-state index >= 15 is 0 Å².